The van der Waals surface area contributed by atoms with Crippen LogP contribution >= 0.6 is 0 Å². The minimum absolute atomic E-state index is 0.0404. The number of aromatic nitrogens is 2. The molecule has 1 aromatic heterocycles. The maximum Gasteiger partial charge on any atom is 0.329 e. The molecule has 0 aliphatic carbocycles. The van der Waals surface area contributed by atoms with Gasteiger partial charge in [0.15, 0.2) is 0 Å². The van der Waals surface area contributed by atoms with E-state index in [4.69, 9.17) is 5.73 Å². The van der Waals surface area contributed by atoms with E-state index in [0.717, 1.165) is 6.20 Å². The van der Waals surface area contributed by atoms with Crippen LogP contribution in [-0.4, -0.2) is 34.4 Å². The van der Waals surface area contributed by atoms with Gasteiger partial charge in [-0.05, 0) is 13.8 Å². The van der Waals surface area contributed by atoms with E-state index < -0.39 is 16.2 Å². The second-order valence-electron chi connectivity index (χ2n) is 4.54. The lowest BCUT2D eigenvalue weighted by Gasteiger charge is -2.20. The highest BCUT2D eigenvalue weighted by Gasteiger charge is 2.26. The Morgan fingerprint density at radius 2 is 2.21 bits per heavy atom. The minimum Gasteiger partial charge on any atom is -0.369 e. The van der Waals surface area contributed by atoms with Crippen LogP contribution in [0, 0.1) is 15.5 Å². The average molecular weight is 268 g/mol. The van der Waals surface area contributed by atoms with E-state index in [1.165, 1.54) is 0 Å². The molecule has 9 nitrogen and oxygen atoms in total. The molecule has 104 valence electrons. The Morgan fingerprint density at radius 3 is 2.68 bits per heavy atom. The standard InChI is InChI=1S/C10H16N6O3/c1-10(2,8(11)17)5-14-7-6(16(18)19)4-13-9(12-3)15-7/h4H,5H2,1-3H3,(H2,11,17)(H2,12,13,14,15). The van der Waals surface area contributed by atoms with Crippen LogP contribution < -0.4 is 16.4 Å². The lowest BCUT2D eigenvalue weighted by atomic mass is 9.93. The predicted molar refractivity (Wildman–Crippen MR) is 69.7 cm³/mol. The molecule has 0 spiro atoms. The number of carbonyl (C=O) groups is 1. The molecule has 1 rings (SSSR count). The summed E-state index contributed by atoms with van der Waals surface area (Å²) >= 11 is 0. The van der Waals surface area contributed by atoms with Gasteiger partial charge in [0.1, 0.15) is 6.20 Å². The van der Waals surface area contributed by atoms with Crippen molar-refractivity contribution in [3.63, 3.8) is 0 Å². The highest BCUT2D eigenvalue weighted by Crippen LogP contribution is 2.24. The molecule has 0 fully saturated rings. The number of primary amides is 1. The summed E-state index contributed by atoms with van der Waals surface area (Å²) in [6, 6.07) is 0. The Labute approximate surface area is 109 Å². The van der Waals surface area contributed by atoms with Gasteiger partial charge in [0.05, 0.1) is 10.3 Å². The van der Waals surface area contributed by atoms with Gasteiger partial charge in [0, 0.05) is 13.6 Å². The van der Waals surface area contributed by atoms with Gasteiger partial charge in [-0.25, -0.2) is 4.98 Å². The lowest BCUT2D eigenvalue weighted by molar-refractivity contribution is -0.384. The number of nitrogens with zero attached hydrogens (tertiary/aromatic N) is 3. The van der Waals surface area contributed by atoms with E-state index in [9.17, 15) is 14.9 Å². The number of anilines is 2. The molecule has 1 heterocycles. The first-order valence-electron chi connectivity index (χ1n) is 5.51. The highest BCUT2D eigenvalue weighted by atomic mass is 16.6. The van der Waals surface area contributed by atoms with Gasteiger partial charge in [0.25, 0.3) is 0 Å². The quantitative estimate of drug-likeness (QED) is 0.500. The van der Waals surface area contributed by atoms with Crippen molar-refractivity contribution < 1.29 is 9.72 Å². The molecule has 0 aromatic carbocycles. The van der Waals surface area contributed by atoms with Gasteiger partial charge in [-0.3, -0.25) is 14.9 Å². The fraction of sp³-hybridized carbons (Fsp3) is 0.500. The average Bonchev–Trinajstić information content (AvgIpc) is 2.35. The number of hydrogen-bond donors (Lipinski definition) is 3. The van der Waals surface area contributed by atoms with Crippen molar-refractivity contribution in [3.8, 4) is 0 Å². The van der Waals surface area contributed by atoms with Crippen molar-refractivity contribution in [1.29, 1.82) is 0 Å². The van der Waals surface area contributed by atoms with E-state index in [-0.39, 0.29) is 24.0 Å². The third-order valence-corrected chi connectivity index (χ3v) is 2.55. The molecule has 9 heteroatoms. The Bertz CT molecular complexity index is 502. The summed E-state index contributed by atoms with van der Waals surface area (Å²) in [5, 5.41) is 16.3. The molecule has 0 aliphatic heterocycles. The Balaban J connectivity index is 2.98. The molecular weight excluding hydrogens is 252 g/mol. The third kappa shape index (κ3) is 3.50. The molecular formula is C10H16N6O3. The van der Waals surface area contributed by atoms with Crippen molar-refractivity contribution in [2.75, 3.05) is 24.2 Å². The number of rotatable bonds is 6. The summed E-state index contributed by atoms with van der Waals surface area (Å²) in [4.78, 5) is 29.2. The van der Waals surface area contributed by atoms with Crippen LogP contribution in [0.1, 0.15) is 13.8 Å². The van der Waals surface area contributed by atoms with E-state index >= 15 is 0 Å². The highest BCUT2D eigenvalue weighted by molar-refractivity contribution is 5.80. The number of hydrogen-bond acceptors (Lipinski definition) is 7. The van der Waals surface area contributed by atoms with Crippen LogP contribution in [-0.2, 0) is 4.79 Å². The van der Waals surface area contributed by atoms with Gasteiger partial charge >= 0.3 is 5.69 Å². The second-order valence-corrected chi connectivity index (χ2v) is 4.54. The summed E-state index contributed by atoms with van der Waals surface area (Å²) in [7, 11) is 1.60. The Kier molecular flexibility index (Phi) is 4.20. The molecule has 0 radical (unpaired) electrons. The summed E-state index contributed by atoms with van der Waals surface area (Å²) in [6.07, 6.45) is 1.10. The normalized spacial score (nSPS) is 10.9. The maximum absolute atomic E-state index is 11.2. The molecule has 0 saturated heterocycles. The van der Waals surface area contributed by atoms with E-state index in [2.05, 4.69) is 20.6 Å². The van der Waals surface area contributed by atoms with Crippen molar-refractivity contribution in [2.45, 2.75) is 13.8 Å². The predicted octanol–water partition coefficient (Wildman–Crippen LogP) is 0.350. The van der Waals surface area contributed by atoms with Crippen LogP contribution in [0.3, 0.4) is 0 Å². The van der Waals surface area contributed by atoms with Crippen LogP contribution in [0.25, 0.3) is 0 Å². The van der Waals surface area contributed by atoms with Crippen molar-refractivity contribution in [3.05, 3.63) is 16.3 Å². The number of carbonyl (C=O) groups excluding carboxylic acids is 1. The number of nitrogens with one attached hydrogen (secondary N) is 2. The van der Waals surface area contributed by atoms with Crippen molar-refractivity contribution in [1.82, 2.24) is 9.97 Å². The molecule has 0 unspecified atom stereocenters. The fourth-order valence-electron chi connectivity index (χ4n) is 1.15. The zero-order valence-electron chi connectivity index (χ0n) is 10.9. The van der Waals surface area contributed by atoms with Gasteiger partial charge in [-0.1, -0.05) is 0 Å². The molecule has 0 atom stereocenters. The summed E-state index contributed by atoms with van der Waals surface area (Å²) in [6.45, 7) is 3.39. The summed E-state index contributed by atoms with van der Waals surface area (Å²) in [5.74, 6) is -0.228. The molecule has 1 aromatic rings. The zero-order chi connectivity index (χ0) is 14.6. The maximum atomic E-state index is 11.2. The fourth-order valence-corrected chi connectivity index (χ4v) is 1.15. The van der Waals surface area contributed by atoms with Crippen LogP contribution in [0.4, 0.5) is 17.5 Å². The smallest absolute Gasteiger partial charge is 0.329 e. The molecule has 0 saturated carbocycles. The van der Waals surface area contributed by atoms with Gasteiger partial charge in [0.2, 0.25) is 17.7 Å². The van der Waals surface area contributed by atoms with Gasteiger partial charge in [-0.15, -0.1) is 0 Å². The molecule has 0 aliphatic rings. The largest absolute Gasteiger partial charge is 0.369 e. The SMILES string of the molecule is CNc1ncc([N+](=O)[O-])c(NCC(C)(C)C(N)=O)n1. The van der Waals surface area contributed by atoms with Crippen LogP contribution in [0.15, 0.2) is 6.20 Å². The Morgan fingerprint density at radius 1 is 1.58 bits per heavy atom. The summed E-state index contributed by atoms with van der Waals surface area (Å²) in [5.41, 5.74) is 4.12. The first-order chi connectivity index (χ1) is 8.77. The molecule has 19 heavy (non-hydrogen) atoms. The Hall–Kier alpha value is -2.45. The number of nitrogens with two attached hydrogens (primary N) is 1. The van der Waals surface area contributed by atoms with Crippen LogP contribution in [0.2, 0.25) is 0 Å². The van der Waals surface area contributed by atoms with E-state index in [1.807, 2.05) is 0 Å². The van der Waals surface area contributed by atoms with Crippen molar-refractivity contribution >= 4 is 23.4 Å². The minimum atomic E-state index is -0.849. The lowest BCUT2D eigenvalue weighted by Crippen LogP contribution is -2.37. The first-order valence-corrected chi connectivity index (χ1v) is 5.51. The third-order valence-electron chi connectivity index (χ3n) is 2.55. The van der Waals surface area contributed by atoms with Crippen molar-refractivity contribution in [2.24, 2.45) is 11.1 Å². The monoisotopic (exact) mass is 268 g/mol. The zero-order valence-corrected chi connectivity index (χ0v) is 10.9. The first kappa shape index (κ1) is 14.6. The molecule has 0 bridgehead atoms. The number of amides is 1. The number of nitro groups is 1. The second kappa shape index (κ2) is 5.46. The van der Waals surface area contributed by atoms with Gasteiger partial charge < -0.3 is 16.4 Å². The molecule has 1 amide bonds. The van der Waals surface area contributed by atoms with Crippen LogP contribution in [0.5, 0.6) is 0 Å². The van der Waals surface area contributed by atoms with Gasteiger partial charge in [-0.2, -0.15) is 4.98 Å². The summed E-state index contributed by atoms with van der Waals surface area (Å²) < 4.78 is 0. The van der Waals surface area contributed by atoms with E-state index in [1.54, 1.807) is 20.9 Å². The topological polar surface area (TPSA) is 136 Å². The van der Waals surface area contributed by atoms with E-state index in [0.29, 0.717) is 0 Å². The molecule has 4 N–H and O–H groups in total.